The number of alkyl halides is 3. The molecule has 0 atom stereocenters. The van der Waals surface area contributed by atoms with Crippen LogP contribution in [0.25, 0.3) is 11.0 Å². The number of rotatable bonds is 5. The van der Waals surface area contributed by atoms with E-state index in [2.05, 4.69) is 20.2 Å². The van der Waals surface area contributed by atoms with E-state index in [4.69, 9.17) is 21.5 Å². The van der Waals surface area contributed by atoms with Gasteiger partial charge in [0.1, 0.15) is 5.15 Å². The van der Waals surface area contributed by atoms with Crippen LogP contribution in [0.5, 0.6) is 0 Å². The smallest absolute Gasteiger partial charge is 0.475 e. The highest BCUT2D eigenvalue weighted by Crippen LogP contribution is 2.24. The minimum absolute atomic E-state index is 0.0414. The fourth-order valence-electron chi connectivity index (χ4n) is 3.82. The molecule has 0 saturated carbocycles. The first-order chi connectivity index (χ1) is 16.6. The number of para-hydroxylation sites is 2. The van der Waals surface area contributed by atoms with Crippen molar-refractivity contribution in [2.24, 2.45) is 0 Å². The zero-order chi connectivity index (χ0) is 25.6. The van der Waals surface area contributed by atoms with Crippen LogP contribution in [0.1, 0.15) is 29.2 Å². The molecule has 0 spiro atoms. The maximum Gasteiger partial charge on any atom is 0.490 e. The van der Waals surface area contributed by atoms with Crippen molar-refractivity contribution in [2.75, 3.05) is 26.2 Å². The van der Waals surface area contributed by atoms with Crippen LogP contribution in [-0.2, 0) is 4.79 Å². The minimum atomic E-state index is -5.08. The summed E-state index contributed by atoms with van der Waals surface area (Å²) in [6.45, 7) is 3.08. The Balaban J connectivity index is 0.000000429. The number of hydrogen-bond donors (Lipinski definition) is 3. The largest absolute Gasteiger partial charge is 0.490 e. The maximum absolute atomic E-state index is 12.4. The molecular weight excluding hydrogens is 491 g/mol. The monoisotopic (exact) mass is 513 g/mol. The molecule has 0 aliphatic carbocycles. The number of carbonyl (C=O) groups excluding carboxylic acids is 1. The van der Waals surface area contributed by atoms with Gasteiger partial charge in [0.05, 0.1) is 16.6 Å². The van der Waals surface area contributed by atoms with Gasteiger partial charge in [-0.2, -0.15) is 13.2 Å². The molecule has 1 amide bonds. The number of H-pyrrole nitrogens is 1. The van der Waals surface area contributed by atoms with Gasteiger partial charge in [0.2, 0.25) is 0 Å². The van der Waals surface area contributed by atoms with E-state index in [-0.39, 0.29) is 22.8 Å². The summed E-state index contributed by atoms with van der Waals surface area (Å²) < 4.78 is 33.6. The first-order valence-electron chi connectivity index (χ1n) is 10.7. The fourth-order valence-corrected chi connectivity index (χ4v) is 4.02. The molecule has 1 saturated heterocycles. The number of hydrogen-bond acceptors (Lipinski definition) is 5. The van der Waals surface area contributed by atoms with Gasteiger partial charge in [0.15, 0.2) is 0 Å². The highest BCUT2D eigenvalue weighted by molar-refractivity contribution is 6.32. The normalized spacial score (nSPS) is 14.9. The topological polar surface area (TPSA) is 120 Å². The van der Waals surface area contributed by atoms with Gasteiger partial charge >= 0.3 is 17.8 Å². The quantitative estimate of drug-likeness (QED) is 0.451. The molecule has 1 aromatic carbocycles. The number of pyridine rings is 1. The van der Waals surface area contributed by atoms with Gasteiger partial charge in [-0.05, 0) is 37.1 Å². The number of aromatic nitrogens is 3. The summed E-state index contributed by atoms with van der Waals surface area (Å²) in [5.74, 6) is -2.97. The molecule has 0 unspecified atom stereocenters. The third-order valence-corrected chi connectivity index (χ3v) is 5.81. The molecule has 3 aromatic rings. The number of aliphatic carboxylic acids is 1. The second kappa shape index (κ2) is 11.4. The summed E-state index contributed by atoms with van der Waals surface area (Å²) in [4.78, 5) is 42.6. The molecule has 0 bridgehead atoms. The predicted octanol–water partition coefficient (Wildman–Crippen LogP) is 3.08. The van der Waals surface area contributed by atoms with E-state index >= 15 is 0 Å². The molecule has 1 fully saturated rings. The van der Waals surface area contributed by atoms with E-state index in [1.54, 1.807) is 18.3 Å². The average molecular weight is 514 g/mol. The molecule has 1 aliphatic rings. The Labute approximate surface area is 202 Å². The lowest BCUT2D eigenvalue weighted by Gasteiger charge is -2.32. The van der Waals surface area contributed by atoms with E-state index in [1.807, 2.05) is 28.8 Å². The molecule has 3 N–H and O–H groups in total. The summed E-state index contributed by atoms with van der Waals surface area (Å²) in [5, 5.41) is 10.2. The highest BCUT2D eigenvalue weighted by Gasteiger charge is 2.38. The third-order valence-electron chi connectivity index (χ3n) is 5.51. The van der Waals surface area contributed by atoms with Gasteiger partial charge in [-0.1, -0.05) is 23.7 Å². The van der Waals surface area contributed by atoms with Gasteiger partial charge in [-0.15, -0.1) is 0 Å². The van der Waals surface area contributed by atoms with Crippen LogP contribution in [0.3, 0.4) is 0 Å². The molecule has 0 radical (unpaired) electrons. The van der Waals surface area contributed by atoms with Crippen molar-refractivity contribution in [2.45, 2.75) is 25.1 Å². The zero-order valence-electron chi connectivity index (χ0n) is 18.4. The second-order valence-corrected chi connectivity index (χ2v) is 8.15. The van der Waals surface area contributed by atoms with Gasteiger partial charge < -0.3 is 20.3 Å². The number of piperidine rings is 1. The number of imidazole rings is 1. The summed E-state index contributed by atoms with van der Waals surface area (Å²) in [5.41, 5.74) is 2.19. The molecular formula is C22H23ClF3N5O4. The standard InChI is InChI=1S/C20H22ClN5O2.C2HF3O2/c21-18-15(4-3-9-22-18)19(27)23-10-13-25-11-7-14(8-12-25)26-17-6-2-1-5-16(17)24-20(26)28;3-2(4,5)1(6)7/h1-6,9,14H,7-8,10-13H2,(H,23,27)(H,24,28);(H,6,7). The van der Waals surface area contributed by atoms with Crippen molar-refractivity contribution in [1.82, 2.24) is 24.8 Å². The molecule has 188 valence electrons. The Bertz CT molecular complexity index is 1240. The van der Waals surface area contributed by atoms with Crippen LogP contribution in [0.15, 0.2) is 47.4 Å². The number of fused-ring (bicyclic) bond motifs is 1. The summed E-state index contributed by atoms with van der Waals surface area (Å²) in [6.07, 6.45) is -1.71. The lowest BCUT2D eigenvalue weighted by Crippen LogP contribution is -2.41. The lowest BCUT2D eigenvalue weighted by molar-refractivity contribution is -0.192. The first-order valence-corrected chi connectivity index (χ1v) is 11.1. The molecule has 2 aromatic heterocycles. The van der Waals surface area contributed by atoms with Crippen molar-refractivity contribution < 1.29 is 27.9 Å². The number of halogens is 4. The summed E-state index contributed by atoms with van der Waals surface area (Å²) in [6, 6.07) is 11.4. The number of likely N-dealkylation sites (tertiary alicyclic amines) is 1. The van der Waals surface area contributed by atoms with Crippen molar-refractivity contribution in [3.63, 3.8) is 0 Å². The summed E-state index contributed by atoms with van der Waals surface area (Å²) >= 11 is 5.95. The van der Waals surface area contributed by atoms with Crippen LogP contribution in [0.4, 0.5) is 13.2 Å². The molecule has 35 heavy (non-hydrogen) atoms. The van der Waals surface area contributed by atoms with Gasteiger partial charge in [0, 0.05) is 38.4 Å². The number of carboxylic acids is 1. The van der Waals surface area contributed by atoms with E-state index in [0.29, 0.717) is 12.1 Å². The van der Waals surface area contributed by atoms with Crippen molar-refractivity contribution in [1.29, 1.82) is 0 Å². The maximum atomic E-state index is 12.4. The Hall–Kier alpha value is -3.38. The van der Waals surface area contributed by atoms with Gasteiger partial charge in [-0.3, -0.25) is 9.36 Å². The van der Waals surface area contributed by atoms with E-state index in [1.165, 1.54) is 0 Å². The predicted molar refractivity (Wildman–Crippen MR) is 123 cm³/mol. The van der Waals surface area contributed by atoms with Crippen molar-refractivity contribution in [3.8, 4) is 0 Å². The number of nitrogens with zero attached hydrogens (tertiary/aromatic N) is 3. The van der Waals surface area contributed by atoms with Gasteiger partial charge in [-0.25, -0.2) is 14.6 Å². The minimum Gasteiger partial charge on any atom is -0.475 e. The second-order valence-electron chi connectivity index (χ2n) is 7.79. The highest BCUT2D eigenvalue weighted by atomic mass is 35.5. The Kier molecular flexibility index (Phi) is 8.52. The number of amides is 1. The van der Waals surface area contributed by atoms with Crippen LogP contribution < -0.4 is 11.0 Å². The van der Waals surface area contributed by atoms with Crippen molar-refractivity contribution >= 4 is 34.5 Å². The number of nitrogens with one attached hydrogen (secondary N) is 2. The van der Waals surface area contributed by atoms with E-state index in [0.717, 1.165) is 43.5 Å². The zero-order valence-corrected chi connectivity index (χ0v) is 19.1. The average Bonchev–Trinajstić information content (AvgIpc) is 3.15. The number of carbonyl (C=O) groups is 2. The first kappa shape index (κ1) is 26.2. The number of carboxylic acid groups (broad SMARTS) is 1. The van der Waals surface area contributed by atoms with Crippen LogP contribution in [0, 0.1) is 0 Å². The van der Waals surface area contributed by atoms with Gasteiger partial charge in [0.25, 0.3) is 5.91 Å². The third kappa shape index (κ3) is 6.83. The number of aromatic amines is 1. The van der Waals surface area contributed by atoms with E-state index < -0.39 is 12.1 Å². The fraction of sp³-hybridized carbons (Fsp3) is 0.364. The van der Waals surface area contributed by atoms with Crippen LogP contribution in [0.2, 0.25) is 5.15 Å². The SMILES string of the molecule is O=C(NCCN1CCC(n2c(=O)[nH]c3ccccc32)CC1)c1cccnc1Cl.O=C(O)C(F)(F)F. The molecule has 13 heteroatoms. The summed E-state index contributed by atoms with van der Waals surface area (Å²) in [7, 11) is 0. The molecule has 4 rings (SSSR count). The molecule has 3 heterocycles. The van der Waals surface area contributed by atoms with Crippen molar-refractivity contribution in [3.05, 3.63) is 63.8 Å². The lowest BCUT2D eigenvalue weighted by atomic mass is 10.0. The Morgan fingerprint density at radius 2 is 1.83 bits per heavy atom. The molecule has 1 aliphatic heterocycles. The van der Waals surface area contributed by atoms with Crippen LogP contribution in [-0.4, -0.2) is 68.8 Å². The Morgan fingerprint density at radius 3 is 2.46 bits per heavy atom. The molecule has 9 nitrogen and oxygen atoms in total. The Morgan fingerprint density at radius 1 is 1.17 bits per heavy atom. The van der Waals surface area contributed by atoms with Crippen LogP contribution >= 0.6 is 11.6 Å². The van der Waals surface area contributed by atoms with E-state index in [9.17, 15) is 22.8 Å². The number of benzene rings is 1.